The smallest absolute Gasteiger partial charge is 0.0102 e. The summed E-state index contributed by atoms with van der Waals surface area (Å²) in [6.45, 7) is 4.60. The van der Waals surface area contributed by atoms with Gasteiger partial charge in [0.05, 0.1) is 0 Å². The minimum absolute atomic E-state index is 1.21. The van der Waals surface area contributed by atoms with Crippen LogP contribution in [0.2, 0.25) is 0 Å². The molecular weight excluding hydrogens is 408 g/mol. The summed E-state index contributed by atoms with van der Waals surface area (Å²) < 4.78 is 0. The van der Waals surface area contributed by atoms with Gasteiger partial charge in [-0.1, -0.05) is 151 Å². The molecule has 0 fully saturated rings. The second-order valence-electron chi connectivity index (χ2n) is 9.93. The molecule has 0 heteroatoms. The van der Waals surface area contributed by atoms with Crippen molar-refractivity contribution < 1.29 is 0 Å². The van der Waals surface area contributed by atoms with Crippen molar-refractivity contribution in [3.05, 3.63) is 83.9 Å². The van der Waals surface area contributed by atoms with E-state index in [1.807, 2.05) is 0 Å². The minimum atomic E-state index is 1.21. The van der Waals surface area contributed by atoms with Crippen molar-refractivity contribution in [2.24, 2.45) is 0 Å². The quantitative estimate of drug-likeness (QED) is 0.189. The largest absolute Gasteiger partial charge is 0.0654 e. The first kappa shape index (κ1) is 26.3. The molecular formula is C34H46. The van der Waals surface area contributed by atoms with Gasteiger partial charge in [0.1, 0.15) is 0 Å². The fraction of sp³-hybridized carbons (Fsp3) is 0.471. The molecule has 0 aromatic heterocycles. The van der Waals surface area contributed by atoms with Crippen molar-refractivity contribution in [2.75, 3.05) is 0 Å². The van der Waals surface area contributed by atoms with Gasteiger partial charge in [0.15, 0.2) is 0 Å². The number of hydrogen-bond acceptors (Lipinski definition) is 0. The van der Waals surface area contributed by atoms with Crippen LogP contribution in [0.15, 0.2) is 72.8 Å². The maximum Gasteiger partial charge on any atom is -0.0102 e. The third-order valence-electron chi connectivity index (χ3n) is 7.11. The Labute approximate surface area is 209 Å². The highest BCUT2D eigenvalue weighted by Crippen LogP contribution is 2.36. The highest BCUT2D eigenvalue weighted by Gasteiger charge is 2.13. The van der Waals surface area contributed by atoms with Gasteiger partial charge in [-0.3, -0.25) is 0 Å². The predicted octanol–water partition coefficient (Wildman–Crippen LogP) is 10.8. The molecule has 0 N–H and O–H groups in total. The molecule has 0 aliphatic rings. The Morgan fingerprint density at radius 2 is 0.765 bits per heavy atom. The molecule has 0 nitrogen and oxygen atoms in total. The highest BCUT2D eigenvalue weighted by molar-refractivity contribution is 5.84. The van der Waals surface area contributed by atoms with Crippen LogP contribution in [0, 0.1) is 0 Å². The van der Waals surface area contributed by atoms with Gasteiger partial charge in [-0.05, 0) is 59.1 Å². The molecule has 3 aromatic rings. The van der Waals surface area contributed by atoms with E-state index >= 15 is 0 Å². The third-order valence-corrected chi connectivity index (χ3v) is 7.11. The monoisotopic (exact) mass is 454 g/mol. The summed E-state index contributed by atoms with van der Waals surface area (Å²) in [7, 11) is 0. The Morgan fingerprint density at radius 1 is 0.412 bits per heavy atom. The van der Waals surface area contributed by atoms with Crippen LogP contribution in [0.5, 0.6) is 0 Å². The number of rotatable bonds is 16. The number of hydrogen-bond donors (Lipinski definition) is 0. The summed E-state index contributed by atoms with van der Waals surface area (Å²) >= 11 is 0. The Bertz CT molecular complexity index is 845. The maximum atomic E-state index is 2.54. The molecule has 0 aliphatic carbocycles. The van der Waals surface area contributed by atoms with Crippen molar-refractivity contribution >= 4 is 0 Å². The van der Waals surface area contributed by atoms with Gasteiger partial charge in [-0.2, -0.15) is 0 Å². The van der Waals surface area contributed by atoms with E-state index < -0.39 is 0 Å². The Morgan fingerprint density at radius 3 is 1.15 bits per heavy atom. The normalized spacial score (nSPS) is 11.1. The van der Waals surface area contributed by atoms with E-state index in [0.717, 1.165) is 0 Å². The highest BCUT2D eigenvalue weighted by atomic mass is 14.2. The van der Waals surface area contributed by atoms with E-state index in [2.05, 4.69) is 86.6 Å². The fourth-order valence-corrected chi connectivity index (χ4v) is 5.06. The van der Waals surface area contributed by atoms with Crippen LogP contribution in [0.3, 0.4) is 0 Å². The maximum absolute atomic E-state index is 2.54. The average molecular weight is 455 g/mol. The molecule has 34 heavy (non-hydrogen) atoms. The first-order valence-electron chi connectivity index (χ1n) is 14.1. The molecule has 0 spiro atoms. The van der Waals surface area contributed by atoms with Crippen molar-refractivity contribution in [1.82, 2.24) is 0 Å². The standard InChI is InChI=1S/C34H46/c1-3-5-7-9-11-15-25-31-27-33(29-21-17-13-18-22-29)34(30-23-19-14-20-24-30)28-32(31)26-16-12-10-8-6-4-2/h13-14,17-24,27-28H,3-12,15-16,25-26H2,1-2H3. The third kappa shape index (κ3) is 8.46. The summed E-state index contributed by atoms with van der Waals surface area (Å²) in [5.41, 5.74) is 8.61. The molecule has 0 saturated heterocycles. The lowest BCUT2D eigenvalue weighted by Crippen LogP contribution is -1.99. The van der Waals surface area contributed by atoms with Crippen LogP contribution in [-0.2, 0) is 12.8 Å². The van der Waals surface area contributed by atoms with Gasteiger partial charge in [0, 0.05) is 0 Å². The lowest BCUT2D eigenvalue weighted by Gasteiger charge is -2.18. The molecule has 0 amide bonds. The molecule has 0 radical (unpaired) electrons. The van der Waals surface area contributed by atoms with Crippen molar-refractivity contribution in [3.63, 3.8) is 0 Å². The van der Waals surface area contributed by atoms with E-state index in [1.165, 1.54) is 112 Å². The fourth-order valence-electron chi connectivity index (χ4n) is 5.06. The van der Waals surface area contributed by atoms with E-state index in [-0.39, 0.29) is 0 Å². The lowest BCUT2D eigenvalue weighted by molar-refractivity contribution is 0.599. The molecule has 0 bridgehead atoms. The lowest BCUT2D eigenvalue weighted by atomic mass is 9.87. The topological polar surface area (TPSA) is 0 Å². The molecule has 0 saturated carbocycles. The molecule has 182 valence electrons. The van der Waals surface area contributed by atoms with Gasteiger partial charge in [-0.15, -0.1) is 0 Å². The zero-order chi connectivity index (χ0) is 23.8. The van der Waals surface area contributed by atoms with Crippen molar-refractivity contribution in [2.45, 2.75) is 104 Å². The van der Waals surface area contributed by atoms with Crippen LogP contribution >= 0.6 is 0 Å². The predicted molar refractivity (Wildman–Crippen MR) is 151 cm³/mol. The SMILES string of the molecule is CCCCCCCCc1cc(-c2ccccc2)c(-c2ccccc2)cc1CCCCCCCC. The minimum Gasteiger partial charge on any atom is -0.0654 e. The Balaban J connectivity index is 1.85. The summed E-state index contributed by atoms with van der Waals surface area (Å²) in [6.07, 6.45) is 18.7. The van der Waals surface area contributed by atoms with Crippen LogP contribution in [0.25, 0.3) is 22.3 Å². The summed E-state index contributed by atoms with van der Waals surface area (Å²) in [6, 6.07) is 27.1. The van der Waals surface area contributed by atoms with Gasteiger partial charge in [0.25, 0.3) is 0 Å². The van der Waals surface area contributed by atoms with Crippen LogP contribution < -0.4 is 0 Å². The molecule has 3 aromatic carbocycles. The average Bonchev–Trinajstić information content (AvgIpc) is 2.89. The number of aryl methyl sites for hydroxylation is 2. The van der Waals surface area contributed by atoms with E-state index in [1.54, 1.807) is 11.1 Å². The van der Waals surface area contributed by atoms with Gasteiger partial charge >= 0.3 is 0 Å². The summed E-state index contributed by atoms with van der Waals surface area (Å²) in [5.74, 6) is 0. The second kappa shape index (κ2) is 15.5. The molecule has 0 unspecified atom stereocenters. The summed E-state index contributed by atoms with van der Waals surface area (Å²) in [4.78, 5) is 0. The number of benzene rings is 3. The molecule has 0 atom stereocenters. The second-order valence-corrected chi connectivity index (χ2v) is 9.93. The van der Waals surface area contributed by atoms with Crippen LogP contribution in [0.4, 0.5) is 0 Å². The Kier molecular flexibility index (Phi) is 12.0. The zero-order valence-corrected chi connectivity index (χ0v) is 21.8. The van der Waals surface area contributed by atoms with E-state index in [4.69, 9.17) is 0 Å². The van der Waals surface area contributed by atoms with Crippen LogP contribution in [-0.4, -0.2) is 0 Å². The zero-order valence-electron chi connectivity index (χ0n) is 21.8. The molecule has 3 rings (SSSR count). The number of unbranched alkanes of at least 4 members (excludes halogenated alkanes) is 10. The van der Waals surface area contributed by atoms with Gasteiger partial charge in [-0.25, -0.2) is 0 Å². The van der Waals surface area contributed by atoms with E-state index in [0.29, 0.717) is 0 Å². The van der Waals surface area contributed by atoms with E-state index in [9.17, 15) is 0 Å². The van der Waals surface area contributed by atoms with Crippen molar-refractivity contribution in [3.8, 4) is 22.3 Å². The van der Waals surface area contributed by atoms with Gasteiger partial charge < -0.3 is 0 Å². The Hall–Kier alpha value is -2.34. The van der Waals surface area contributed by atoms with Crippen LogP contribution in [0.1, 0.15) is 102 Å². The summed E-state index contributed by atoms with van der Waals surface area (Å²) in [5, 5.41) is 0. The molecule has 0 aliphatic heterocycles. The van der Waals surface area contributed by atoms with Crippen molar-refractivity contribution in [1.29, 1.82) is 0 Å². The first-order valence-corrected chi connectivity index (χ1v) is 14.1. The molecule has 0 heterocycles. The first-order chi connectivity index (χ1) is 16.8. The van der Waals surface area contributed by atoms with Gasteiger partial charge in [0.2, 0.25) is 0 Å².